The number of nitrogens with zero attached hydrogens (tertiary/aromatic N) is 1. The van der Waals surface area contributed by atoms with Gasteiger partial charge in [-0.15, -0.1) is 0 Å². The molecule has 0 radical (unpaired) electrons. The van der Waals surface area contributed by atoms with E-state index in [1.807, 2.05) is 0 Å². The Morgan fingerprint density at radius 1 is 0.810 bits per heavy atom. The summed E-state index contributed by atoms with van der Waals surface area (Å²) in [6.45, 7) is 4.24. The topological polar surface area (TPSA) is 12.9 Å². The van der Waals surface area contributed by atoms with E-state index < -0.39 is 0 Å². The second-order valence-corrected chi connectivity index (χ2v) is 5.41. The minimum Gasteiger partial charge on any atom is -0.258 e. The number of rotatable bonds is 3. The Bertz CT molecular complexity index is 731. The van der Waals surface area contributed by atoms with Gasteiger partial charge in [0, 0.05) is 17.8 Å². The fraction of sp³-hybridized carbons (Fsp3) is 0.150. The normalized spacial score (nSPS) is 10.6. The number of hydrogen-bond donors (Lipinski definition) is 0. The van der Waals surface area contributed by atoms with E-state index in [1.54, 1.807) is 0 Å². The van der Waals surface area contributed by atoms with Crippen molar-refractivity contribution in [1.82, 2.24) is 4.98 Å². The molecule has 0 aliphatic rings. The van der Waals surface area contributed by atoms with Crippen molar-refractivity contribution in [2.75, 3.05) is 0 Å². The molecule has 3 aromatic rings. The molecule has 21 heavy (non-hydrogen) atoms. The Hall–Kier alpha value is -2.41. The van der Waals surface area contributed by atoms with E-state index >= 15 is 0 Å². The zero-order chi connectivity index (χ0) is 14.7. The van der Waals surface area contributed by atoms with E-state index in [4.69, 9.17) is 4.98 Å². The average Bonchev–Trinajstić information content (AvgIpc) is 2.52. The molecule has 0 amide bonds. The van der Waals surface area contributed by atoms with E-state index in [1.165, 1.54) is 27.9 Å². The van der Waals surface area contributed by atoms with Crippen LogP contribution in [0.3, 0.4) is 0 Å². The first-order valence-electron chi connectivity index (χ1n) is 7.30. The van der Waals surface area contributed by atoms with Crippen LogP contribution >= 0.6 is 0 Å². The molecule has 0 spiro atoms. The lowest BCUT2D eigenvalue weighted by molar-refractivity contribution is 1.01. The molecule has 0 aliphatic carbocycles. The first kappa shape index (κ1) is 13.6. The minimum atomic E-state index is 0.883. The molecule has 2 aromatic carbocycles. The van der Waals surface area contributed by atoms with Gasteiger partial charge in [0.1, 0.15) is 0 Å². The van der Waals surface area contributed by atoms with E-state index in [-0.39, 0.29) is 0 Å². The predicted molar refractivity (Wildman–Crippen MR) is 88.4 cm³/mol. The Morgan fingerprint density at radius 3 is 2.10 bits per heavy atom. The standard InChI is InChI=1S/C20H19N/c1-15-13-19(18-11-7-4-8-12-18)16(2)20(21-15)14-17-9-5-3-6-10-17/h3-13H,14H2,1-2H3. The summed E-state index contributed by atoms with van der Waals surface area (Å²) < 4.78 is 0. The van der Waals surface area contributed by atoms with Gasteiger partial charge in [0.05, 0.1) is 0 Å². The van der Waals surface area contributed by atoms with Crippen molar-refractivity contribution in [3.63, 3.8) is 0 Å². The first-order valence-corrected chi connectivity index (χ1v) is 7.30. The van der Waals surface area contributed by atoms with Crippen LogP contribution in [0.1, 0.15) is 22.5 Å². The second-order valence-electron chi connectivity index (χ2n) is 5.41. The lowest BCUT2D eigenvalue weighted by Gasteiger charge is -2.13. The van der Waals surface area contributed by atoms with Crippen molar-refractivity contribution < 1.29 is 0 Å². The molecule has 0 saturated carbocycles. The average molecular weight is 273 g/mol. The largest absolute Gasteiger partial charge is 0.258 e. The van der Waals surface area contributed by atoms with Crippen LogP contribution in [0.15, 0.2) is 66.7 Å². The van der Waals surface area contributed by atoms with Gasteiger partial charge in [-0.05, 0) is 42.2 Å². The lowest BCUT2D eigenvalue weighted by Crippen LogP contribution is -2.00. The third kappa shape index (κ3) is 3.03. The Balaban J connectivity index is 2.04. The van der Waals surface area contributed by atoms with E-state index in [9.17, 15) is 0 Å². The molecule has 0 saturated heterocycles. The van der Waals surface area contributed by atoms with E-state index in [2.05, 4.69) is 80.6 Å². The van der Waals surface area contributed by atoms with Gasteiger partial charge < -0.3 is 0 Å². The summed E-state index contributed by atoms with van der Waals surface area (Å²) in [7, 11) is 0. The monoisotopic (exact) mass is 273 g/mol. The highest BCUT2D eigenvalue weighted by Crippen LogP contribution is 2.26. The van der Waals surface area contributed by atoms with Crippen LogP contribution in [0.4, 0.5) is 0 Å². The molecule has 0 fully saturated rings. The van der Waals surface area contributed by atoms with Gasteiger partial charge in [0.2, 0.25) is 0 Å². The zero-order valence-electron chi connectivity index (χ0n) is 12.5. The van der Waals surface area contributed by atoms with E-state index in [0.29, 0.717) is 0 Å². The number of hydrogen-bond acceptors (Lipinski definition) is 1. The zero-order valence-corrected chi connectivity index (χ0v) is 12.5. The minimum absolute atomic E-state index is 0.883. The molecule has 1 heteroatoms. The van der Waals surface area contributed by atoms with Crippen LogP contribution < -0.4 is 0 Å². The third-order valence-electron chi connectivity index (χ3n) is 3.80. The van der Waals surface area contributed by atoms with Crippen LogP contribution in [0, 0.1) is 13.8 Å². The lowest BCUT2D eigenvalue weighted by atomic mass is 9.96. The van der Waals surface area contributed by atoms with Gasteiger partial charge in [-0.3, -0.25) is 4.98 Å². The van der Waals surface area contributed by atoms with Crippen LogP contribution in [-0.4, -0.2) is 4.98 Å². The summed E-state index contributed by atoms with van der Waals surface area (Å²) in [4.78, 5) is 4.75. The number of benzene rings is 2. The van der Waals surface area contributed by atoms with Crippen LogP contribution in [0.2, 0.25) is 0 Å². The highest BCUT2D eigenvalue weighted by molar-refractivity contribution is 5.68. The number of pyridine rings is 1. The molecule has 3 rings (SSSR count). The SMILES string of the molecule is Cc1cc(-c2ccccc2)c(C)c(Cc2ccccc2)n1. The summed E-state index contributed by atoms with van der Waals surface area (Å²) in [6, 6.07) is 23.3. The fourth-order valence-electron chi connectivity index (χ4n) is 2.68. The van der Waals surface area contributed by atoms with Crippen LogP contribution in [0.25, 0.3) is 11.1 Å². The number of aryl methyl sites for hydroxylation is 1. The third-order valence-corrected chi connectivity index (χ3v) is 3.80. The molecule has 1 aromatic heterocycles. The summed E-state index contributed by atoms with van der Waals surface area (Å²) in [5, 5.41) is 0. The Kier molecular flexibility index (Phi) is 3.83. The molecular formula is C20H19N. The molecule has 0 atom stereocenters. The fourth-order valence-corrected chi connectivity index (χ4v) is 2.68. The maximum Gasteiger partial charge on any atom is 0.0485 e. The summed E-state index contributed by atoms with van der Waals surface area (Å²) >= 11 is 0. The van der Waals surface area contributed by atoms with Crippen molar-refractivity contribution in [2.24, 2.45) is 0 Å². The summed E-state index contributed by atoms with van der Waals surface area (Å²) in [5.41, 5.74) is 7.36. The second kappa shape index (κ2) is 5.92. The van der Waals surface area contributed by atoms with Crippen molar-refractivity contribution in [1.29, 1.82) is 0 Å². The van der Waals surface area contributed by atoms with Gasteiger partial charge in [-0.25, -0.2) is 0 Å². The first-order chi connectivity index (χ1) is 10.2. The Labute approximate surface area is 126 Å². The van der Waals surface area contributed by atoms with Crippen LogP contribution in [-0.2, 0) is 6.42 Å². The van der Waals surface area contributed by atoms with Gasteiger partial charge >= 0.3 is 0 Å². The van der Waals surface area contributed by atoms with Crippen LogP contribution in [0.5, 0.6) is 0 Å². The summed E-state index contributed by atoms with van der Waals surface area (Å²) in [5.74, 6) is 0. The number of aromatic nitrogens is 1. The molecule has 0 N–H and O–H groups in total. The summed E-state index contributed by atoms with van der Waals surface area (Å²) in [6.07, 6.45) is 0.883. The molecule has 0 bridgehead atoms. The van der Waals surface area contributed by atoms with Crippen molar-refractivity contribution in [3.05, 3.63) is 89.2 Å². The van der Waals surface area contributed by atoms with Gasteiger partial charge in [-0.1, -0.05) is 60.7 Å². The van der Waals surface area contributed by atoms with Gasteiger partial charge in [-0.2, -0.15) is 0 Å². The Morgan fingerprint density at radius 2 is 1.43 bits per heavy atom. The highest BCUT2D eigenvalue weighted by Gasteiger charge is 2.09. The van der Waals surface area contributed by atoms with Gasteiger partial charge in [0.25, 0.3) is 0 Å². The van der Waals surface area contributed by atoms with Gasteiger partial charge in [0.15, 0.2) is 0 Å². The molecule has 1 nitrogen and oxygen atoms in total. The molecule has 0 aliphatic heterocycles. The van der Waals surface area contributed by atoms with Crippen molar-refractivity contribution >= 4 is 0 Å². The molecular weight excluding hydrogens is 254 g/mol. The van der Waals surface area contributed by atoms with Crippen molar-refractivity contribution in [3.8, 4) is 11.1 Å². The van der Waals surface area contributed by atoms with E-state index in [0.717, 1.165) is 12.1 Å². The maximum atomic E-state index is 4.75. The highest BCUT2D eigenvalue weighted by atomic mass is 14.7. The maximum absolute atomic E-state index is 4.75. The smallest absolute Gasteiger partial charge is 0.0485 e. The van der Waals surface area contributed by atoms with Crippen molar-refractivity contribution in [2.45, 2.75) is 20.3 Å². The predicted octanol–water partition coefficient (Wildman–Crippen LogP) is 4.96. The quantitative estimate of drug-likeness (QED) is 0.657. The molecule has 0 unspecified atom stereocenters. The molecule has 1 heterocycles. The molecule has 104 valence electrons.